The van der Waals surface area contributed by atoms with Crippen LogP contribution in [0.15, 0.2) is 24.3 Å². The number of hydrogen-bond acceptors (Lipinski definition) is 3. The SMILES string of the molecule is CN1C[C@@H]2CC[C@H]1c1c2c(O)n(-c2cccc(C(F)(F)F)c2)c1O. The van der Waals surface area contributed by atoms with E-state index in [9.17, 15) is 23.4 Å². The van der Waals surface area contributed by atoms with Crippen molar-refractivity contribution in [2.24, 2.45) is 0 Å². The van der Waals surface area contributed by atoms with Crippen LogP contribution in [0.3, 0.4) is 0 Å². The Kier molecular flexibility index (Phi) is 3.16. The molecule has 1 aromatic heterocycles. The molecule has 1 fully saturated rings. The third kappa shape index (κ3) is 2.04. The maximum atomic E-state index is 13.0. The number of halogens is 3. The minimum atomic E-state index is -4.48. The van der Waals surface area contributed by atoms with Crippen molar-refractivity contribution in [3.8, 4) is 17.4 Å². The van der Waals surface area contributed by atoms with Gasteiger partial charge in [-0.1, -0.05) is 6.07 Å². The van der Waals surface area contributed by atoms with Crippen LogP contribution < -0.4 is 0 Å². The molecule has 0 spiro atoms. The van der Waals surface area contributed by atoms with E-state index < -0.39 is 11.7 Å². The third-order valence-electron chi connectivity index (χ3n) is 5.20. The molecule has 3 heterocycles. The fourth-order valence-corrected chi connectivity index (χ4v) is 4.12. The van der Waals surface area contributed by atoms with Crippen molar-refractivity contribution >= 4 is 0 Å². The van der Waals surface area contributed by atoms with Gasteiger partial charge in [0.05, 0.1) is 11.3 Å². The van der Waals surface area contributed by atoms with E-state index in [0.717, 1.165) is 36.1 Å². The Labute approximate surface area is 136 Å². The second-order valence-electron chi connectivity index (χ2n) is 6.59. The molecule has 4 nitrogen and oxygen atoms in total. The average Bonchev–Trinajstić information content (AvgIpc) is 2.80. The lowest BCUT2D eigenvalue weighted by Crippen LogP contribution is -2.39. The molecule has 0 radical (unpaired) electrons. The Morgan fingerprint density at radius 2 is 1.79 bits per heavy atom. The van der Waals surface area contributed by atoms with Crippen molar-refractivity contribution in [1.29, 1.82) is 0 Å². The Morgan fingerprint density at radius 1 is 1.08 bits per heavy atom. The van der Waals surface area contributed by atoms with Crippen LogP contribution in [0.25, 0.3) is 5.69 Å². The van der Waals surface area contributed by atoms with Crippen molar-refractivity contribution in [3.05, 3.63) is 41.0 Å². The van der Waals surface area contributed by atoms with Crippen LogP contribution in [0.1, 0.15) is 41.5 Å². The van der Waals surface area contributed by atoms with Gasteiger partial charge in [-0.05, 0) is 38.1 Å². The molecule has 128 valence electrons. The molecule has 1 aromatic carbocycles. The summed E-state index contributed by atoms with van der Waals surface area (Å²) >= 11 is 0. The first-order valence-corrected chi connectivity index (χ1v) is 7.83. The van der Waals surface area contributed by atoms with Crippen LogP contribution in [-0.2, 0) is 6.18 Å². The van der Waals surface area contributed by atoms with Gasteiger partial charge < -0.3 is 10.2 Å². The van der Waals surface area contributed by atoms with Crippen LogP contribution in [0.2, 0.25) is 0 Å². The van der Waals surface area contributed by atoms with Gasteiger partial charge in [0.25, 0.3) is 0 Å². The summed E-state index contributed by atoms with van der Waals surface area (Å²) in [5, 5.41) is 21.3. The van der Waals surface area contributed by atoms with Crippen LogP contribution >= 0.6 is 0 Å². The first-order valence-electron chi connectivity index (χ1n) is 7.83. The molecule has 3 aliphatic rings. The number of alkyl halides is 3. The van der Waals surface area contributed by atoms with Gasteiger partial charge in [-0.25, -0.2) is 0 Å². The number of rotatable bonds is 1. The van der Waals surface area contributed by atoms with Gasteiger partial charge in [-0.15, -0.1) is 0 Å². The van der Waals surface area contributed by atoms with Gasteiger partial charge in [-0.3, -0.25) is 9.47 Å². The lowest BCUT2D eigenvalue weighted by Gasteiger charge is -2.43. The van der Waals surface area contributed by atoms with Crippen LogP contribution in [0.5, 0.6) is 11.8 Å². The molecule has 24 heavy (non-hydrogen) atoms. The number of piperidine rings is 1. The summed E-state index contributed by atoms with van der Waals surface area (Å²) in [4.78, 5) is 2.12. The molecule has 2 aliphatic heterocycles. The Hall–Kier alpha value is -2.15. The number of fused-ring (bicyclic) bond motifs is 2. The molecule has 2 aromatic rings. The van der Waals surface area contributed by atoms with Crippen LogP contribution in [-0.4, -0.2) is 33.3 Å². The van der Waals surface area contributed by atoms with Gasteiger partial charge in [-0.2, -0.15) is 13.2 Å². The summed E-state index contributed by atoms with van der Waals surface area (Å²) in [5.41, 5.74) is 0.621. The fraction of sp³-hybridized carbons (Fsp3) is 0.412. The topological polar surface area (TPSA) is 48.6 Å². The number of nitrogens with zero attached hydrogens (tertiary/aromatic N) is 2. The largest absolute Gasteiger partial charge is 0.494 e. The zero-order valence-electron chi connectivity index (χ0n) is 13.0. The van der Waals surface area contributed by atoms with E-state index in [1.54, 1.807) is 0 Å². The highest BCUT2D eigenvalue weighted by Gasteiger charge is 2.43. The van der Waals surface area contributed by atoms with Crippen molar-refractivity contribution in [2.75, 3.05) is 13.6 Å². The van der Waals surface area contributed by atoms with E-state index in [2.05, 4.69) is 4.90 Å². The molecule has 2 atom stereocenters. The lowest BCUT2D eigenvalue weighted by molar-refractivity contribution is -0.137. The minimum absolute atomic E-state index is 0.0112. The maximum absolute atomic E-state index is 13.0. The summed E-state index contributed by atoms with van der Waals surface area (Å²) in [6.45, 7) is 0.775. The van der Waals surface area contributed by atoms with Crippen molar-refractivity contribution in [2.45, 2.75) is 31.0 Å². The van der Waals surface area contributed by atoms with Gasteiger partial charge >= 0.3 is 6.18 Å². The maximum Gasteiger partial charge on any atom is 0.416 e. The molecule has 1 saturated heterocycles. The first kappa shape index (κ1) is 15.4. The van der Waals surface area contributed by atoms with E-state index in [4.69, 9.17) is 0 Å². The third-order valence-corrected chi connectivity index (χ3v) is 5.20. The molecular formula is C17H17F3N2O2. The summed E-state index contributed by atoms with van der Waals surface area (Å²) < 4.78 is 40.0. The summed E-state index contributed by atoms with van der Waals surface area (Å²) in [7, 11) is 1.96. The molecule has 7 heteroatoms. The molecular weight excluding hydrogens is 321 g/mol. The summed E-state index contributed by atoms with van der Waals surface area (Å²) in [6.07, 6.45) is -2.71. The Morgan fingerprint density at radius 3 is 2.46 bits per heavy atom. The zero-order valence-corrected chi connectivity index (χ0v) is 13.0. The van der Waals surface area contributed by atoms with Crippen molar-refractivity contribution < 1.29 is 23.4 Å². The molecule has 0 amide bonds. The lowest BCUT2D eigenvalue weighted by atomic mass is 9.77. The molecule has 2 N–H and O–H groups in total. The monoisotopic (exact) mass is 338 g/mol. The molecule has 0 saturated carbocycles. The minimum Gasteiger partial charge on any atom is -0.494 e. The highest BCUT2D eigenvalue weighted by Crippen LogP contribution is 2.54. The van der Waals surface area contributed by atoms with E-state index in [-0.39, 0.29) is 29.4 Å². The predicted molar refractivity (Wildman–Crippen MR) is 81.4 cm³/mol. The molecule has 0 unspecified atom stereocenters. The van der Waals surface area contributed by atoms with Gasteiger partial charge in [0.15, 0.2) is 0 Å². The van der Waals surface area contributed by atoms with Crippen LogP contribution in [0.4, 0.5) is 13.2 Å². The molecule has 1 aliphatic carbocycles. The van der Waals surface area contributed by atoms with E-state index >= 15 is 0 Å². The van der Waals surface area contributed by atoms with Crippen molar-refractivity contribution in [1.82, 2.24) is 9.47 Å². The Bertz CT molecular complexity index is 813. The number of hydrogen-bond donors (Lipinski definition) is 2. The van der Waals surface area contributed by atoms with E-state index in [0.29, 0.717) is 11.1 Å². The van der Waals surface area contributed by atoms with Gasteiger partial charge in [0.1, 0.15) is 0 Å². The molecule has 2 bridgehead atoms. The number of benzene rings is 1. The quantitative estimate of drug-likeness (QED) is 0.832. The normalized spacial score (nSPS) is 23.5. The van der Waals surface area contributed by atoms with Crippen LogP contribution in [0, 0.1) is 0 Å². The van der Waals surface area contributed by atoms with E-state index in [1.807, 2.05) is 7.05 Å². The molecule has 5 rings (SSSR count). The highest BCUT2D eigenvalue weighted by molar-refractivity contribution is 5.58. The number of aromatic nitrogens is 1. The van der Waals surface area contributed by atoms with Gasteiger partial charge in [0, 0.05) is 29.6 Å². The second-order valence-corrected chi connectivity index (χ2v) is 6.59. The smallest absolute Gasteiger partial charge is 0.416 e. The van der Waals surface area contributed by atoms with Crippen molar-refractivity contribution in [3.63, 3.8) is 0 Å². The number of likely N-dealkylation sites (N-methyl/N-ethyl adjacent to an activating group) is 1. The Balaban J connectivity index is 1.90. The summed E-state index contributed by atoms with van der Waals surface area (Å²) in [5.74, 6) is -0.222. The number of aromatic hydroxyl groups is 2. The van der Waals surface area contributed by atoms with Gasteiger partial charge in [0.2, 0.25) is 11.8 Å². The first-order chi connectivity index (χ1) is 11.3. The average molecular weight is 338 g/mol. The van der Waals surface area contributed by atoms with E-state index in [1.165, 1.54) is 12.1 Å². The summed E-state index contributed by atoms with van der Waals surface area (Å²) in [6, 6.07) is 4.63. The zero-order chi connectivity index (χ0) is 17.2. The highest BCUT2D eigenvalue weighted by atomic mass is 19.4. The predicted octanol–water partition coefficient (Wildman–Crippen LogP) is 3.77. The standard InChI is InChI=1S/C17H17F3N2O2/c1-21-8-9-5-6-12(21)14-13(9)15(23)22(16(14)24)11-4-2-3-10(7-11)17(18,19)20/h2-4,7,9,12,23-24H,5-6,8H2,1H3/t9-,12-/m0/s1. The fourth-order valence-electron chi connectivity index (χ4n) is 4.12. The second kappa shape index (κ2) is 4.92.